The van der Waals surface area contributed by atoms with Gasteiger partial charge in [-0.1, -0.05) is 36.4 Å². The van der Waals surface area contributed by atoms with E-state index in [1.807, 2.05) is 42.5 Å². The number of phenols is 1. The highest BCUT2D eigenvalue weighted by atomic mass is 16.3. The van der Waals surface area contributed by atoms with Gasteiger partial charge in [0, 0.05) is 23.7 Å². The minimum atomic E-state index is -0.354. The first-order valence-electron chi connectivity index (χ1n) is 12.4. The van der Waals surface area contributed by atoms with E-state index in [1.165, 1.54) is 5.56 Å². The van der Waals surface area contributed by atoms with Crippen molar-refractivity contribution < 1.29 is 9.90 Å². The first-order valence-corrected chi connectivity index (χ1v) is 12.4. The lowest BCUT2D eigenvalue weighted by Gasteiger charge is -2.54. The van der Waals surface area contributed by atoms with Crippen molar-refractivity contribution >= 4 is 5.91 Å². The lowest BCUT2D eigenvalue weighted by Crippen LogP contribution is -2.57. The van der Waals surface area contributed by atoms with E-state index < -0.39 is 0 Å². The van der Waals surface area contributed by atoms with Gasteiger partial charge in [0.2, 0.25) is 0 Å². The number of phenolic OH excluding ortho intramolecular Hbond substituents is 1. The molecule has 3 atom stereocenters. The molecule has 6 nitrogen and oxygen atoms in total. The second-order valence-corrected chi connectivity index (χ2v) is 10.3. The van der Waals surface area contributed by atoms with E-state index in [2.05, 4.69) is 36.1 Å². The van der Waals surface area contributed by atoms with Gasteiger partial charge in [-0.15, -0.1) is 0 Å². The highest BCUT2D eigenvalue weighted by Gasteiger charge is 2.50. The van der Waals surface area contributed by atoms with Gasteiger partial charge in [-0.2, -0.15) is 0 Å². The Labute approximate surface area is 206 Å². The molecule has 2 aromatic carbocycles. The Hall–Kier alpha value is -3.38. The monoisotopic (exact) mass is 471 g/mol. The van der Waals surface area contributed by atoms with E-state index in [-0.39, 0.29) is 28.2 Å². The number of aromatic nitrogens is 1. The Bertz CT molecular complexity index is 1320. The highest BCUT2D eigenvalue weighted by molar-refractivity contribution is 5.94. The molecular weight excluding hydrogens is 438 g/mol. The van der Waals surface area contributed by atoms with Crippen molar-refractivity contribution in [2.45, 2.75) is 51.1 Å². The first kappa shape index (κ1) is 23.4. The number of rotatable bonds is 4. The number of hydrogen-bond acceptors (Lipinski definition) is 4. The molecule has 0 radical (unpaired) electrons. The van der Waals surface area contributed by atoms with Gasteiger partial charge in [-0.05, 0) is 93.1 Å². The summed E-state index contributed by atoms with van der Waals surface area (Å²) in [6.45, 7) is 5.69. The van der Waals surface area contributed by atoms with E-state index in [9.17, 15) is 14.7 Å². The van der Waals surface area contributed by atoms with Crippen LogP contribution in [0.25, 0.3) is 0 Å². The van der Waals surface area contributed by atoms with Gasteiger partial charge in [0.1, 0.15) is 11.3 Å². The zero-order chi connectivity index (χ0) is 24.7. The van der Waals surface area contributed by atoms with Crippen LogP contribution in [0.4, 0.5) is 0 Å². The van der Waals surface area contributed by atoms with Crippen LogP contribution in [-0.4, -0.2) is 40.5 Å². The van der Waals surface area contributed by atoms with E-state index >= 15 is 0 Å². The van der Waals surface area contributed by atoms with Crippen LogP contribution in [0.15, 0.2) is 59.4 Å². The predicted octanol–water partition coefficient (Wildman–Crippen LogP) is 3.70. The van der Waals surface area contributed by atoms with Crippen LogP contribution < -0.4 is 10.9 Å². The summed E-state index contributed by atoms with van der Waals surface area (Å²) in [5.74, 6) is 0.211. The van der Waals surface area contributed by atoms with Crippen LogP contribution in [0.2, 0.25) is 0 Å². The second-order valence-electron chi connectivity index (χ2n) is 10.3. The van der Waals surface area contributed by atoms with Gasteiger partial charge < -0.3 is 20.3 Å². The number of piperidine rings is 1. The third-order valence-corrected chi connectivity index (χ3v) is 8.34. The predicted molar refractivity (Wildman–Crippen MR) is 137 cm³/mol. The molecule has 2 aliphatic rings. The Kier molecular flexibility index (Phi) is 6.01. The largest absolute Gasteiger partial charge is 0.508 e. The van der Waals surface area contributed by atoms with Crippen molar-refractivity contribution in [3.8, 4) is 5.75 Å². The van der Waals surface area contributed by atoms with Crippen molar-refractivity contribution in [3.63, 3.8) is 0 Å². The van der Waals surface area contributed by atoms with E-state index in [0.29, 0.717) is 24.9 Å². The third-order valence-electron chi connectivity index (χ3n) is 8.34. The molecule has 3 aromatic rings. The Morgan fingerprint density at radius 2 is 1.97 bits per heavy atom. The molecule has 1 aromatic heterocycles. The molecule has 2 heterocycles. The normalized spacial score (nSPS) is 23.9. The quantitative estimate of drug-likeness (QED) is 0.542. The number of aromatic hydroxyl groups is 1. The Balaban J connectivity index is 1.51. The highest BCUT2D eigenvalue weighted by Crippen LogP contribution is 2.50. The molecule has 1 amide bonds. The van der Waals surface area contributed by atoms with Gasteiger partial charge in [-0.3, -0.25) is 9.59 Å². The number of fused-ring (bicyclic) bond motifs is 2. The number of carbonyl (C=O) groups excluding carboxylic acids is 1. The van der Waals surface area contributed by atoms with Crippen molar-refractivity contribution in [2.75, 3.05) is 13.6 Å². The van der Waals surface area contributed by atoms with Crippen LogP contribution in [0.5, 0.6) is 5.75 Å². The minimum Gasteiger partial charge on any atom is -0.508 e. The molecule has 1 aliphatic carbocycles. The molecule has 0 unspecified atom stereocenters. The zero-order valence-electron chi connectivity index (χ0n) is 20.6. The molecule has 5 rings (SSSR count). The number of aryl methyl sites for hydroxylation is 1. The van der Waals surface area contributed by atoms with Crippen molar-refractivity contribution in [2.24, 2.45) is 5.92 Å². The average molecular weight is 472 g/mol. The van der Waals surface area contributed by atoms with Crippen molar-refractivity contribution in [1.82, 2.24) is 15.2 Å². The Morgan fingerprint density at radius 1 is 1.20 bits per heavy atom. The molecule has 0 spiro atoms. The number of hydrogen-bond donors (Lipinski definition) is 3. The SMILES string of the molecule is Cc1ccc(O)cc1[C@]12CCN(C)[C@H](C)[C@@H]1Cc1cc(C(=O)NCc3ccccc3)c(=O)[nH]c1C2. The van der Waals surface area contributed by atoms with Gasteiger partial charge in [-0.25, -0.2) is 0 Å². The summed E-state index contributed by atoms with van der Waals surface area (Å²) in [7, 11) is 2.16. The van der Waals surface area contributed by atoms with Crippen LogP contribution in [0.1, 0.15) is 51.7 Å². The maximum absolute atomic E-state index is 13.0. The number of pyridine rings is 1. The smallest absolute Gasteiger partial charge is 0.261 e. The number of likely N-dealkylation sites (tertiary alicyclic amines) is 1. The van der Waals surface area contributed by atoms with Gasteiger partial charge in [0.25, 0.3) is 11.5 Å². The number of nitrogens with one attached hydrogen (secondary N) is 2. The molecule has 0 bridgehead atoms. The molecule has 3 N–H and O–H groups in total. The number of H-pyrrole nitrogens is 1. The number of carbonyl (C=O) groups is 1. The summed E-state index contributed by atoms with van der Waals surface area (Å²) in [5.41, 5.74) is 4.89. The van der Waals surface area contributed by atoms with E-state index in [0.717, 1.165) is 41.8 Å². The average Bonchev–Trinajstić information content (AvgIpc) is 2.86. The van der Waals surface area contributed by atoms with Crippen molar-refractivity contribution in [3.05, 3.63) is 98.5 Å². The topological polar surface area (TPSA) is 85.4 Å². The second kappa shape index (κ2) is 9.00. The Morgan fingerprint density at radius 3 is 2.74 bits per heavy atom. The molecule has 1 fully saturated rings. The molecule has 6 heteroatoms. The third kappa shape index (κ3) is 4.16. The van der Waals surface area contributed by atoms with Crippen LogP contribution >= 0.6 is 0 Å². The summed E-state index contributed by atoms with van der Waals surface area (Å²) in [4.78, 5) is 31.4. The number of benzene rings is 2. The number of nitrogens with zero attached hydrogens (tertiary/aromatic N) is 1. The van der Waals surface area contributed by atoms with Crippen LogP contribution in [-0.2, 0) is 24.8 Å². The fourth-order valence-corrected chi connectivity index (χ4v) is 6.24. The maximum Gasteiger partial charge on any atom is 0.261 e. The van der Waals surface area contributed by atoms with Crippen molar-refractivity contribution in [1.29, 1.82) is 0 Å². The fourth-order valence-electron chi connectivity index (χ4n) is 6.24. The lowest BCUT2D eigenvalue weighted by atomic mass is 9.56. The molecule has 1 aliphatic heterocycles. The number of amides is 1. The van der Waals surface area contributed by atoms with Gasteiger partial charge >= 0.3 is 0 Å². The summed E-state index contributed by atoms with van der Waals surface area (Å²) in [5, 5.41) is 13.2. The molecular formula is C29H33N3O3. The summed E-state index contributed by atoms with van der Waals surface area (Å²) in [6.07, 6.45) is 2.41. The summed E-state index contributed by atoms with van der Waals surface area (Å²) in [6, 6.07) is 17.4. The minimum absolute atomic E-state index is 0.164. The van der Waals surface area contributed by atoms with Crippen LogP contribution in [0.3, 0.4) is 0 Å². The molecule has 0 saturated carbocycles. The fraction of sp³-hybridized carbons (Fsp3) is 0.379. The number of aromatic amines is 1. The van der Waals surface area contributed by atoms with Gasteiger partial charge in [0.15, 0.2) is 0 Å². The molecule has 35 heavy (non-hydrogen) atoms. The summed E-state index contributed by atoms with van der Waals surface area (Å²) < 4.78 is 0. The summed E-state index contributed by atoms with van der Waals surface area (Å²) >= 11 is 0. The van der Waals surface area contributed by atoms with E-state index in [4.69, 9.17) is 0 Å². The first-order chi connectivity index (χ1) is 16.8. The van der Waals surface area contributed by atoms with E-state index in [1.54, 1.807) is 12.1 Å². The lowest BCUT2D eigenvalue weighted by molar-refractivity contribution is 0.0448. The maximum atomic E-state index is 13.0. The van der Waals surface area contributed by atoms with Crippen LogP contribution in [0, 0.1) is 12.8 Å². The molecule has 182 valence electrons. The zero-order valence-corrected chi connectivity index (χ0v) is 20.6. The standard InChI is InChI=1S/C29H33N3O3/c1-18-9-10-22(33)15-24(18)29-11-12-32(3)19(2)25(29)14-21-13-23(28(35)31-26(21)16-29)27(34)30-17-20-7-5-4-6-8-20/h4-10,13,15,19,25,33H,11-12,14,16-17H2,1-3H3,(H,30,34)(H,31,35)/t19-,25+,29-/m1/s1. The molecule has 1 saturated heterocycles. The van der Waals surface area contributed by atoms with Gasteiger partial charge in [0.05, 0.1) is 0 Å².